The highest BCUT2D eigenvalue weighted by Crippen LogP contribution is 2.47. The minimum atomic E-state index is -0.921. The molecule has 5 atom stereocenters. The normalized spacial score (nSPS) is 22.5. The van der Waals surface area contributed by atoms with Crippen molar-refractivity contribution in [2.45, 2.75) is 76.0 Å². The van der Waals surface area contributed by atoms with Gasteiger partial charge in [0.05, 0.1) is 24.4 Å². The smallest absolute Gasteiger partial charge is 0.303 e. The van der Waals surface area contributed by atoms with E-state index in [-0.39, 0.29) is 37.2 Å². The van der Waals surface area contributed by atoms with Crippen LogP contribution in [0.1, 0.15) is 78.4 Å². The van der Waals surface area contributed by atoms with Crippen LogP contribution in [0.5, 0.6) is 0 Å². The predicted octanol–water partition coefficient (Wildman–Crippen LogP) is 6.32. The summed E-state index contributed by atoms with van der Waals surface area (Å²) in [6, 6.07) is 33.4. The fraction of sp³-hybridized carbons (Fsp3) is 0.366. The third kappa shape index (κ3) is 9.05. The van der Waals surface area contributed by atoms with Gasteiger partial charge in [0, 0.05) is 49.6 Å². The molecular formula is C41H45ClN2O7. The first-order chi connectivity index (χ1) is 24.6. The van der Waals surface area contributed by atoms with Gasteiger partial charge in [-0.3, -0.25) is 9.59 Å². The molecule has 51 heavy (non-hydrogen) atoms. The number of benzene rings is 4. The number of ether oxygens (including phenoxy) is 3. The van der Waals surface area contributed by atoms with E-state index in [9.17, 15) is 19.8 Å². The average Bonchev–Trinajstić information content (AvgIpc) is 3.15. The van der Waals surface area contributed by atoms with Crippen LogP contribution in [0.2, 0.25) is 5.02 Å². The van der Waals surface area contributed by atoms with Crippen molar-refractivity contribution in [3.8, 4) is 0 Å². The molecule has 2 aliphatic rings. The molecule has 2 fully saturated rings. The number of carbonyl (C=O) groups excluding carboxylic acids is 2. The molecule has 4 aromatic rings. The quantitative estimate of drug-likeness (QED) is 0.155. The summed E-state index contributed by atoms with van der Waals surface area (Å²) >= 11 is 6.12. The van der Waals surface area contributed by atoms with Crippen LogP contribution in [0.3, 0.4) is 0 Å². The van der Waals surface area contributed by atoms with E-state index in [2.05, 4.69) is 22.3 Å². The first kappa shape index (κ1) is 36.7. The molecule has 0 bridgehead atoms. The van der Waals surface area contributed by atoms with Gasteiger partial charge in [0.15, 0.2) is 12.4 Å². The molecule has 3 N–H and O–H groups in total. The predicted molar refractivity (Wildman–Crippen MR) is 194 cm³/mol. The Balaban J connectivity index is 1.24. The van der Waals surface area contributed by atoms with Crippen LogP contribution in [-0.2, 0) is 42.6 Å². The van der Waals surface area contributed by atoms with Gasteiger partial charge in [-0.15, -0.1) is 0 Å². The van der Waals surface area contributed by atoms with Crippen LogP contribution >= 0.6 is 11.6 Å². The van der Waals surface area contributed by atoms with Crippen molar-refractivity contribution in [3.05, 3.63) is 142 Å². The summed E-state index contributed by atoms with van der Waals surface area (Å²) in [6.07, 6.45) is -1.02. The second-order valence-corrected chi connectivity index (χ2v) is 13.9. The number of hydrogen-bond acceptors (Lipinski definition) is 8. The summed E-state index contributed by atoms with van der Waals surface area (Å²) in [7, 11) is 0. The molecule has 6 rings (SSSR count). The van der Waals surface area contributed by atoms with Crippen molar-refractivity contribution in [2.24, 2.45) is 0 Å². The number of hydrogen-bond donors (Lipinski definition) is 3. The number of nitrogens with zero attached hydrogens (tertiary/aromatic N) is 1. The van der Waals surface area contributed by atoms with Crippen LogP contribution in [0, 0.1) is 0 Å². The van der Waals surface area contributed by atoms with Crippen LogP contribution in [0.15, 0.2) is 103 Å². The molecule has 2 saturated heterocycles. The Kier molecular flexibility index (Phi) is 11.9. The van der Waals surface area contributed by atoms with Crippen molar-refractivity contribution >= 4 is 23.5 Å². The van der Waals surface area contributed by atoms with Crippen LogP contribution in [0.25, 0.3) is 0 Å². The Hall–Kier alpha value is -4.09. The fourth-order valence-corrected chi connectivity index (χ4v) is 7.13. The molecule has 0 saturated carbocycles. The first-order valence-corrected chi connectivity index (χ1v) is 17.8. The molecule has 0 aromatic heterocycles. The lowest BCUT2D eigenvalue weighted by Crippen LogP contribution is -2.49. The number of rotatable bonds is 11. The molecule has 4 aromatic carbocycles. The monoisotopic (exact) mass is 712 g/mol. The Morgan fingerprint density at radius 2 is 1.51 bits per heavy atom. The highest BCUT2D eigenvalue weighted by molar-refractivity contribution is 6.30. The van der Waals surface area contributed by atoms with Crippen molar-refractivity contribution in [3.63, 3.8) is 0 Å². The summed E-state index contributed by atoms with van der Waals surface area (Å²) < 4.78 is 18.7. The lowest BCUT2D eigenvalue weighted by molar-refractivity contribution is -0.264. The van der Waals surface area contributed by atoms with Gasteiger partial charge in [-0.2, -0.15) is 0 Å². The summed E-state index contributed by atoms with van der Waals surface area (Å²) in [4.78, 5) is 26.0. The molecular weight excluding hydrogens is 668 g/mol. The van der Waals surface area contributed by atoms with Gasteiger partial charge in [0.2, 0.25) is 0 Å². The van der Waals surface area contributed by atoms with E-state index in [4.69, 9.17) is 25.8 Å². The summed E-state index contributed by atoms with van der Waals surface area (Å²) in [5, 5.41) is 24.8. The van der Waals surface area contributed by atoms with E-state index in [0.29, 0.717) is 37.5 Å². The van der Waals surface area contributed by atoms with Gasteiger partial charge >= 0.3 is 5.97 Å². The second kappa shape index (κ2) is 16.5. The Morgan fingerprint density at radius 1 is 0.882 bits per heavy atom. The van der Waals surface area contributed by atoms with E-state index in [1.54, 1.807) is 0 Å². The zero-order valence-corrected chi connectivity index (χ0v) is 29.7. The van der Waals surface area contributed by atoms with Gasteiger partial charge in [0.25, 0.3) is 5.91 Å². The van der Waals surface area contributed by atoms with E-state index < -0.39 is 24.0 Å². The highest BCUT2D eigenvalue weighted by Gasteiger charge is 2.43. The van der Waals surface area contributed by atoms with Crippen molar-refractivity contribution in [1.82, 2.24) is 10.2 Å². The number of aliphatic hydroxyl groups excluding tert-OH is 1. The first-order valence-electron chi connectivity index (χ1n) is 17.4. The van der Waals surface area contributed by atoms with Crippen LogP contribution < -0.4 is 5.32 Å². The van der Waals surface area contributed by atoms with Crippen molar-refractivity contribution < 1.29 is 34.0 Å². The van der Waals surface area contributed by atoms with Gasteiger partial charge in [0.1, 0.15) is 0 Å². The maximum atomic E-state index is 12.4. The van der Waals surface area contributed by atoms with Gasteiger partial charge < -0.3 is 34.6 Å². The number of nitrogens with one attached hydrogen (secondary N) is 1. The molecule has 1 amide bonds. The molecule has 10 heteroatoms. The number of amides is 1. The maximum Gasteiger partial charge on any atom is 0.303 e. The van der Waals surface area contributed by atoms with Gasteiger partial charge in [-0.25, -0.2) is 0 Å². The largest absolute Gasteiger partial charge is 0.453 e. The zero-order chi connectivity index (χ0) is 36.0. The second-order valence-electron chi connectivity index (χ2n) is 13.4. The third-order valence-electron chi connectivity index (χ3n) is 9.90. The fourth-order valence-electron chi connectivity index (χ4n) is 7.00. The van der Waals surface area contributed by atoms with E-state index in [1.165, 1.54) is 13.8 Å². The maximum absolute atomic E-state index is 12.4. The van der Waals surface area contributed by atoms with E-state index in [0.717, 1.165) is 33.4 Å². The molecule has 9 nitrogen and oxygen atoms in total. The van der Waals surface area contributed by atoms with Gasteiger partial charge in [-0.05, 0) is 59.7 Å². The molecule has 2 heterocycles. The molecule has 2 aliphatic heterocycles. The van der Waals surface area contributed by atoms with Crippen molar-refractivity contribution in [1.29, 1.82) is 0 Å². The third-order valence-corrected chi connectivity index (χ3v) is 10.2. The SMILES string of the molecule is CC(=O)O[C@@H](C)C(=O)NCc1ccc(C2O[C@H](CN3CCC(O)(c4ccc(Cl)cc4)CC3)[C@@H](c3ccccc3)[C@H](c3ccc(CO)cc3)O2)cc1. The number of halogens is 1. The number of esters is 1. The Bertz CT molecular complexity index is 1740. The summed E-state index contributed by atoms with van der Waals surface area (Å²) in [5.41, 5.74) is 4.57. The zero-order valence-electron chi connectivity index (χ0n) is 28.9. The highest BCUT2D eigenvalue weighted by atomic mass is 35.5. The number of aliphatic hydroxyl groups is 2. The Labute approximate surface area is 304 Å². The minimum absolute atomic E-state index is 0.0466. The number of carbonyl (C=O) groups is 2. The lowest BCUT2D eigenvalue weighted by Gasteiger charge is -2.46. The molecule has 0 spiro atoms. The minimum Gasteiger partial charge on any atom is -0.453 e. The molecule has 0 radical (unpaired) electrons. The molecule has 0 aliphatic carbocycles. The van der Waals surface area contributed by atoms with E-state index in [1.807, 2.05) is 91.0 Å². The molecule has 268 valence electrons. The molecule has 1 unspecified atom stereocenters. The topological polar surface area (TPSA) is 118 Å². The Morgan fingerprint density at radius 3 is 2.14 bits per heavy atom. The van der Waals surface area contributed by atoms with Crippen LogP contribution in [0.4, 0.5) is 0 Å². The standard InChI is InChI=1S/C41H45ClN2O7/c1-27(49-28(2)46)39(47)43-24-29-8-14-33(15-9-29)40-50-36(25-44-22-20-41(48,21-23-44)34-16-18-35(42)19-17-34)37(31-6-4-3-5-7-31)38(51-40)32-12-10-30(26-45)11-13-32/h3-19,27,36-38,40,45,48H,20-26H2,1-2H3,(H,43,47)/t27-,36+,37+,38-,40?/m0/s1. The van der Waals surface area contributed by atoms with Crippen molar-refractivity contribution in [2.75, 3.05) is 19.6 Å². The number of likely N-dealkylation sites (tertiary alicyclic amines) is 1. The summed E-state index contributed by atoms with van der Waals surface area (Å²) in [6.45, 7) is 5.05. The number of piperidine rings is 1. The van der Waals surface area contributed by atoms with Gasteiger partial charge in [-0.1, -0.05) is 103 Å². The lowest BCUT2D eigenvalue weighted by atomic mass is 9.81. The average molecular weight is 713 g/mol. The van der Waals surface area contributed by atoms with Crippen LogP contribution in [-0.4, -0.2) is 58.8 Å². The summed E-state index contributed by atoms with van der Waals surface area (Å²) in [5.74, 6) is -1.03. The van der Waals surface area contributed by atoms with E-state index >= 15 is 0 Å².